The Morgan fingerprint density at radius 1 is 1.42 bits per heavy atom. The van der Waals surface area contributed by atoms with E-state index in [1.165, 1.54) is 23.5 Å². The molecule has 0 bridgehead atoms. The molecule has 1 heterocycles. The Morgan fingerprint density at radius 3 is 2.63 bits per heavy atom. The van der Waals surface area contributed by atoms with Crippen LogP contribution >= 0.6 is 23.6 Å². The zero-order valence-corrected chi connectivity index (χ0v) is 12.0. The maximum atomic E-state index is 12.7. The molecule has 2 N–H and O–H groups in total. The second kappa shape index (κ2) is 6.08. The van der Waals surface area contributed by atoms with Crippen LogP contribution in [0.4, 0.5) is 4.39 Å². The van der Waals surface area contributed by atoms with Gasteiger partial charge in [0.25, 0.3) is 0 Å². The summed E-state index contributed by atoms with van der Waals surface area (Å²) in [6.45, 7) is 2.33. The van der Waals surface area contributed by atoms with Gasteiger partial charge in [0.1, 0.15) is 28.2 Å². The number of benzene rings is 1. The molecule has 19 heavy (non-hydrogen) atoms. The van der Waals surface area contributed by atoms with Gasteiger partial charge in [0.2, 0.25) is 0 Å². The summed E-state index contributed by atoms with van der Waals surface area (Å²) in [4.78, 5) is 5.64. The van der Waals surface area contributed by atoms with E-state index in [4.69, 9.17) is 22.7 Å². The lowest BCUT2D eigenvalue weighted by molar-refractivity contribution is 0.305. The van der Waals surface area contributed by atoms with Gasteiger partial charge in [-0.05, 0) is 30.7 Å². The molecule has 2 rings (SSSR count). The smallest absolute Gasteiger partial charge is 0.140 e. The van der Waals surface area contributed by atoms with Crippen LogP contribution in [-0.2, 0) is 13.0 Å². The first-order valence-electron chi connectivity index (χ1n) is 5.77. The fourth-order valence-electron chi connectivity index (χ4n) is 1.57. The number of hydrogen-bond acceptors (Lipinski definition) is 4. The average Bonchev–Trinajstić information content (AvgIpc) is 2.81. The normalized spacial score (nSPS) is 10.4. The fourth-order valence-corrected chi connectivity index (χ4v) is 2.73. The van der Waals surface area contributed by atoms with Crippen LogP contribution in [0.3, 0.4) is 0 Å². The van der Waals surface area contributed by atoms with Gasteiger partial charge in [-0.3, -0.25) is 0 Å². The maximum Gasteiger partial charge on any atom is 0.140 e. The van der Waals surface area contributed by atoms with Gasteiger partial charge in [-0.2, -0.15) is 0 Å². The van der Waals surface area contributed by atoms with E-state index in [1.807, 2.05) is 6.92 Å². The minimum Gasteiger partial charge on any atom is -0.486 e. The number of halogens is 1. The van der Waals surface area contributed by atoms with Crippen molar-refractivity contribution in [2.24, 2.45) is 5.73 Å². The highest BCUT2D eigenvalue weighted by molar-refractivity contribution is 7.81. The monoisotopic (exact) mass is 296 g/mol. The van der Waals surface area contributed by atoms with E-state index in [-0.39, 0.29) is 5.82 Å². The first-order chi connectivity index (χ1) is 9.10. The lowest BCUT2D eigenvalue weighted by Crippen LogP contribution is -2.09. The predicted molar refractivity (Wildman–Crippen MR) is 78.1 cm³/mol. The molecule has 0 aliphatic heterocycles. The topological polar surface area (TPSA) is 48.1 Å². The Hall–Kier alpha value is -1.53. The number of nitrogens with two attached hydrogens (primary N) is 1. The summed E-state index contributed by atoms with van der Waals surface area (Å²) in [6, 6.07) is 5.88. The van der Waals surface area contributed by atoms with E-state index in [2.05, 4.69) is 4.98 Å². The average molecular weight is 296 g/mol. The van der Waals surface area contributed by atoms with Crippen molar-refractivity contribution in [3.8, 4) is 5.75 Å². The number of ether oxygens (including phenoxy) is 1. The molecule has 0 spiro atoms. The van der Waals surface area contributed by atoms with Gasteiger partial charge in [-0.15, -0.1) is 11.3 Å². The van der Waals surface area contributed by atoms with Crippen LogP contribution in [0.25, 0.3) is 0 Å². The number of rotatable bonds is 5. The molecule has 0 aliphatic carbocycles. The highest BCUT2D eigenvalue weighted by Crippen LogP contribution is 2.21. The minimum atomic E-state index is -0.286. The highest BCUT2D eigenvalue weighted by atomic mass is 32.1. The molecule has 1 aromatic carbocycles. The quantitative estimate of drug-likeness (QED) is 0.862. The molecule has 2 aromatic rings. The van der Waals surface area contributed by atoms with Crippen molar-refractivity contribution in [3.05, 3.63) is 45.7 Å². The van der Waals surface area contributed by atoms with Crippen LogP contribution in [0.2, 0.25) is 0 Å². The Bertz CT molecular complexity index is 581. The molecule has 3 nitrogen and oxygen atoms in total. The lowest BCUT2D eigenvalue weighted by Gasteiger charge is -2.02. The van der Waals surface area contributed by atoms with Gasteiger partial charge >= 0.3 is 0 Å². The largest absolute Gasteiger partial charge is 0.486 e. The first-order valence-corrected chi connectivity index (χ1v) is 6.99. The van der Waals surface area contributed by atoms with Crippen LogP contribution in [0.15, 0.2) is 24.3 Å². The summed E-state index contributed by atoms with van der Waals surface area (Å²) in [7, 11) is 0. The van der Waals surface area contributed by atoms with Crippen LogP contribution < -0.4 is 10.5 Å². The Balaban J connectivity index is 2.07. The predicted octanol–water partition coefficient (Wildman–Crippen LogP) is 3.06. The number of thiazole rings is 1. The second-order valence-corrected chi connectivity index (χ2v) is 5.37. The molecule has 0 unspecified atom stereocenters. The zero-order chi connectivity index (χ0) is 13.8. The molecule has 0 aliphatic rings. The Labute approximate surface area is 120 Å². The third-order valence-corrected chi connectivity index (χ3v) is 3.91. The number of aromatic nitrogens is 1. The van der Waals surface area contributed by atoms with Gasteiger partial charge in [0.15, 0.2) is 0 Å². The summed E-state index contributed by atoms with van der Waals surface area (Å²) >= 11 is 6.43. The molecule has 0 radical (unpaired) electrons. The van der Waals surface area contributed by atoms with Gasteiger partial charge < -0.3 is 10.5 Å². The number of nitrogens with zero attached hydrogens (tertiary/aromatic N) is 1. The van der Waals surface area contributed by atoms with Crippen LogP contribution in [0, 0.1) is 5.82 Å². The van der Waals surface area contributed by atoms with Crippen molar-refractivity contribution in [1.82, 2.24) is 4.98 Å². The second-order valence-electron chi connectivity index (χ2n) is 3.84. The van der Waals surface area contributed by atoms with E-state index in [0.29, 0.717) is 17.3 Å². The molecule has 6 heteroatoms. The SMILES string of the molecule is CCc1nc(COc2ccc(F)cc2)sc1C(N)=S. The summed E-state index contributed by atoms with van der Waals surface area (Å²) < 4.78 is 18.3. The van der Waals surface area contributed by atoms with E-state index in [0.717, 1.165) is 22.0 Å². The zero-order valence-electron chi connectivity index (χ0n) is 10.4. The molecule has 0 amide bonds. The fraction of sp³-hybridized carbons (Fsp3) is 0.231. The van der Waals surface area contributed by atoms with Crippen LogP contribution in [0.5, 0.6) is 5.75 Å². The summed E-state index contributed by atoms with van der Waals surface area (Å²) in [5.41, 5.74) is 6.55. The van der Waals surface area contributed by atoms with E-state index in [9.17, 15) is 4.39 Å². The minimum absolute atomic E-state index is 0.286. The first kappa shape index (κ1) is 13.9. The van der Waals surface area contributed by atoms with Gasteiger partial charge in [0.05, 0.1) is 10.6 Å². The molecule has 0 fully saturated rings. The molecular formula is C13H13FN2OS2. The van der Waals surface area contributed by atoms with Crippen molar-refractivity contribution >= 4 is 28.5 Å². The molecule has 0 saturated carbocycles. The van der Waals surface area contributed by atoms with E-state index >= 15 is 0 Å². The van der Waals surface area contributed by atoms with Crippen molar-refractivity contribution in [1.29, 1.82) is 0 Å². The van der Waals surface area contributed by atoms with Gasteiger partial charge in [-0.1, -0.05) is 19.1 Å². The number of aryl methyl sites for hydroxylation is 1. The lowest BCUT2D eigenvalue weighted by atomic mass is 10.3. The third-order valence-electron chi connectivity index (χ3n) is 2.48. The maximum absolute atomic E-state index is 12.7. The van der Waals surface area contributed by atoms with Gasteiger partial charge in [-0.25, -0.2) is 9.37 Å². The molecular weight excluding hydrogens is 283 g/mol. The number of thiocarbonyl (C=S) groups is 1. The van der Waals surface area contributed by atoms with E-state index in [1.54, 1.807) is 12.1 Å². The molecule has 100 valence electrons. The summed E-state index contributed by atoms with van der Waals surface area (Å²) in [5, 5.41) is 0.809. The van der Waals surface area contributed by atoms with Crippen molar-refractivity contribution in [3.63, 3.8) is 0 Å². The van der Waals surface area contributed by atoms with Crippen molar-refractivity contribution < 1.29 is 9.13 Å². The number of hydrogen-bond donors (Lipinski definition) is 1. The summed E-state index contributed by atoms with van der Waals surface area (Å²) in [6.07, 6.45) is 0.778. The van der Waals surface area contributed by atoms with Crippen molar-refractivity contribution in [2.75, 3.05) is 0 Å². The Morgan fingerprint density at radius 2 is 2.11 bits per heavy atom. The third kappa shape index (κ3) is 3.48. The standard InChI is InChI=1S/C13H13FN2OS2/c1-2-10-12(13(15)18)19-11(16-10)7-17-9-5-3-8(14)4-6-9/h3-6H,2,7H2,1H3,(H2,15,18). The molecule has 0 atom stereocenters. The van der Waals surface area contributed by atoms with Gasteiger partial charge in [0, 0.05) is 0 Å². The highest BCUT2D eigenvalue weighted by Gasteiger charge is 2.12. The van der Waals surface area contributed by atoms with Crippen LogP contribution in [-0.4, -0.2) is 9.97 Å². The van der Waals surface area contributed by atoms with Crippen molar-refractivity contribution in [2.45, 2.75) is 20.0 Å². The Kier molecular flexibility index (Phi) is 4.44. The van der Waals surface area contributed by atoms with E-state index < -0.39 is 0 Å². The summed E-state index contributed by atoms with van der Waals surface area (Å²) in [5.74, 6) is 0.317. The van der Waals surface area contributed by atoms with Crippen LogP contribution in [0.1, 0.15) is 22.5 Å². The molecule has 0 saturated heterocycles. The molecule has 1 aromatic heterocycles.